The molecule has 0 saturated heterocycles. The van der Waals surface area contributed by atoms with Gasteiger partial charge in [0.1, 0.15) is 0 Å². The molecule has 0 bridgehead atoms. The van der Waals surface area contributed by atoms with E-state index in [9.17, 15) is 0 Å². The second-order valence-electron chi connectivity index (χ2n) is 6.04. The number of nitrogens with zero attached hydrogens (tertiary/aromatic N) is 1. The van der Waals surface area contributed by atoms with E-state index in [4.69, 9.17) is 5.73 Å². The van der Waals surface area contributed by atoms with Crippen molar-refractivity contribution < 1.29 is 0 Å². The molecule has 0 aromatic heterocycles. The van der Waals surface area contributed by atoms with Crippen molar-refractivity contribution in [1.82, 2.24) is 4.90 Å². The molecule has 21 heavy (non-hydrogen) atoms. The lowest BCUT2D eigenvalue weighted by Gasteiger charge is -2.37. The van der Waals surface area contributed by atoms with Gasteiger partial charge in [0, 0.05) is 25.7 Å². The predicted octanol–water partition coefficient (Wildman–Crippen LogP) is 3.36. The smallest absolute Gasteiger partial charge is 0.0476 e. The van der Waals surface area contributed by atoms with E-state index in [1.165, 1.54) is 27.8 Å². The molecular formula is C19H24N2. The van der Waals surface area contributed by atoms with Gasteiger partial charge in [-0.25, -0.2) is 0 Å². The summed E-state index contributed by atoms with van der Waals surface area (Å²) in [6, 6.07) is 15.6. The van der Waals surface area contributed by atoms with Crippen molar-refractivity contribution in [1.29, 1.82) is 0 Å². The van der Waals surface area contributed by atoms with Crippen LogP contribution in [0.2, 0.25) is 0 Å². The zero-order chi connectivity index (χ0) is 14.8. The van der Waals surface area contributed by atoms with Crippen molar-refractivity contribution in [3.8, 4) is 0 Å². The van der Waals surface area contributed by atoms with E-state index in [1.807, 2.05) is 0 Å². The Kier molecular flexibility index (Phi) is 4.09. The Hall–Kier alpha value is -1.64. The quantitative estimate of drug-likeness (QED) is 0.934. The van der Waals surface area contributed by atoms with Crippen molar-refractivity contribution in [2.75, 3.05) is 13.1 Å². The minimum Gasteiger partial charge on any atom is -0.329 e. The number of fused-ring (bicyclic) bond motifs is 1. The van der Waals surface area contributed by atoms with E-state index in [0.29, 0.717) is 12.6 Å². The van der Waals surface area contributed by atoms with Crippen LogP contribution in [0.25, 0.3) is 0 Å². The fourth-order valence-corrected chi connectivity index (χ4v) is 3.47. The SMILES string of the molecule is Cc1cccc(C)c1CN1CCc2ccccc2C1CN. The van der Waals surface area contributed by atoms with Crippen molar-refractivity contribution in [2.45, 2.75) is 32.9 Å². The van der Waals surface area contributed by atoms with E-state index in [1.54, 1.807) is 0 Å². The van der Waals surface area contributed by atoms with Gasteiger partial charge >= 0.3 is 0 Å². The second-order valence-corrected chi connectivity index (χ2v) is 6.04. The lowest BCUT2D eigenvalue weighted by molar-refractivity contribution is 0.180. The molecule has 3 rings (SSSR count). The molecule has 0 saturated carbocycles. The van der Waals surface area contributed by atoms with Crippen LogP contribution >= 0.6 is 0 Å². The fraction of sp³-hybridized carbons (Fsp3) is 0.368. The minimum atomic E-state index is 0.342. The van der Waals surface area contributed by atoms with Crippen LogP contribution in [0.1, 0.15) is 33.9 Å². The van der Waals surface area contributed by atoms with Gasteiger partial charge in [0.2, 0.25) is 0 Å². The number of aryl methyl sites for hydroxylation is 2. The number of hydrogen-bond acceptors (Lipinski definition) is 2. The maximum absolute atomic E-state index is 6.10. The Labute approximate surface area is 127 Å². The van der Waals surface area contributed by atoms with Gasteiger partial charge in [0.05, 0.1) is 0 Å². The topological polar surface area (TPSA) is 29.3 Å². The average Bonchev–Trinajstić information content (AvgIpc) is 2.50. The zero-order valence-corrected chi connectivity index (χ0v) is 13.0. The van der Waals surface area contributed by atoms with E-state index in [2.05, 4.69) is 61.2 Å². The Morgan fingerprint density at radius 3 is 2.48 bits per heavy atom. The van der Waals surface area contributed by atoms with Gasteiger partial charge in [-0.3, -0.25) is 4.90 Å². The van der Waals surface area contributed by atoms with Gasteiger partial charge in [0.15, 0.2) is 0 Å². The van der Waals surface area contributed by atoms with Gasteiger partial charge in [-0.15, -0.1) is 0 Å². The van der Waals surface area contributed by atoms with Gasteiger partial charge in [-0.2, -0.15) is 0 Å². The molecule has 1 aliphatic heterocycles. The molecule has 1 aliphatic rings. The number of nitrogens with two attached hydrogens (primary N) is 1. The summed E-state index contributed by atoms with van der Waals surface area (Å²) >= 11 is 0. The summed E-state index contributed by atoms with van der Waals surface area (Å²) in [4.78, 5) is 2.54. The molecule has 0 amide bonds. The van der Waals surface area contributed by atoms with Crippen LogP contribution in [0, 0.1) is 13.8 Å². The first kappa shape index (κ1) is 14.3. The Bertz CT molecular complexity index is 613. The van der Waals surface area contributed by atoms with E-state index in [0.717, 1.165) is 19.5 Å². The van der Waals surface area contributed by atoms with Gasteiger partial charge in [0.25, 0.3) is 0 Å². The maximum Gasteiger partial charge on any atom is 0.0476 e. The van der Waals surface area contributed by atoms with Gasteiger partial charge in [-0.05, 0) is 48.1 Å². The first-order valence-corrected chi connectivity index (χ1v) is 7.77. The third-order valence-corrected chi connectivity index (χ3v) is 4.75. The lowest BCUT2D eigenvalue weighted by Crippen LogP contribution is -2.39. The normalized spacial score (nSPS) is 18.5. The molecular weight excluding hydrogens is 256 g/mol. The van der Waals surface area contributed by atoms with Crippen molar-refractivity contribution in [3.05, 3.63) is 70.3 Å². The van der Waals surface area contributed by atoms with Crippen LogP contribution in [0.4, 0.5) is 0 Å². The van der Waals surface area contributed by atoms with Gasteiger partial charge in [-0.1, -0.05) is 42.5 Å². The summed E-state index contributed by atoms with van der Waals surface area (Å²) in [6.45, 7) is 7.18. The Morgan fingerprint density at radius 1 is 1.05 bits per heavy atom. The summed E-state index contributed by atoms with van der Waals surface area (Å²) in [7, 11) is 0. The van der Waals surface area contributed by atoms with Crippen LogP contribution in [-0.2, 0) is 13.0 Å². The summed E-state index contributed by atoms with van der Waals surface area (Å²) in [5, 5.41) is 0. The molecule has 1 unspecified atom stereocenters. The van der Waals surface area contributed by atoms with Crippen LogP contribution in [0.15, 0.2) is 42.5 Å². The lowest BCUT2D eigenvalue weighted by atomic mass is 9.91. The van der Waals surface area contributed by atoms with Crippen LogP contribution in [-0.4, -0.2) is 18.0 Å². The summed E-state index contributed by atoms with van der Waals surface area (Å²) in [5.41, 5.74) is 13.2. The molecule has 2 aromatic carbocycles. The van der Waals surface area contributed by atoms with E-state index in [-0.39, 0.29) is 0 Å². The molecule has 2 heteroatoms. The third kappa shape index (κ3) is 2.74. The largest absolute Gasteiger partial charge is 0.329 e. The molecule has 2 nitrogen and oxygen atoms in total. The summed E-state index contributed by atoms with van der Waals surface area (Å²) < 4.78 is 0. The third-order valence-electron chi connectivity index (χ3n) is 4.75. The Balaban J connectivity index is 1.90. The second kappa shape index (κ2) is 6.00. The number of rotatable bonds is 3. The van der Waals surface area contributed by atoms with Gasteiger partial charge < -0.3 is 5.73 Å². The highest BCUT2D eigenvalue weighted by Gasteiger charge is 2.26. The predicted molar refractivity (Wildman–Crippen MR) is 88.3 cm³/mol. The minimum absolute atomic E-state index is 0.342. The first-order valence-electron chi connectivity index (χ1n) is 7.77. The number of benzene rings is 2. The summed E-state index contributed by atoms with van der Waals surface area (Å²) in [6.07, 6.45) is 1.12. The van der Waals surface area contributed by atoms with Crippen LogP contribution in [0.5, 0.6) is 0 Å². The molecule has 1 atom stereocenters. The standard InChI is InChI=1S/C19H24N2/c1-14-6-5-7-15(2)18(14)13-21-11-10-16-8-3-4-9-17(16)19(21)12-20/h3-9,19H,10-13,20H2,1-2H3. The first-order chi connectivity index (χ1) is 10.2. The molecule has 2 aromatic rings. The maximum atomic E-state index is 6.10. The highest BCUT2D eigenvalue weighted by atomic mass is 15.2. The number of hydrogen-bond donors (Lipinski definition) is 1. The molecule has 110 valence electrons. The molecule has 2 N–H and O–H groups in total. The molecule has 0 fully saturated rings. The summed E-state index contributed by atoms with van der Waals surface area (Å²) in [5.74, 6) is 0. The van der Waals surface area contributed by atoms with Crippen molar-refractivity contribution in [2.24, 2.45) is 5.73 Å². The molecule has 0 radical (unpaired) electrons. The molecule has 0 spiro atoms. The van der Waals surface area contributed by atoms with Crippen LogP contribution in [0.3, 0.4) is 0 Å². The van der Waals surface area contributed by atoms with Crippen molar-refractivity contribution >= 4 is 0 Å². The van der Waals surface area contributed by atoms with E-state index < -0.39 is 0 Å². The monoisotopic (exact) mass is 280 g/mol. The average molecular weight is 280 g/mol. The Morgan fingerprint density at radius 2 is 1.76 bits per heavy atom. The highest BCUT2D eigenvalue weighted by molar-refractivity contribution is 5.36. The van der Waals surface area contributed by atoms with Crippen molar-refractivity contribution in [3.63, 3.8) is 0 Å². The molecule has 0 aliphatic carbocycles. The highest BCUT2D eigenvalue weighted by Crippen LogP contribution is 2.31. The molecule has 1 heterocycles. The van der Waals surface area contributed by atoms with Crippen LogP contribution < -0.4 is 5.73 Å². The van der Waals surface area contributed by atoms with E-state index >= 15 is 0 Å². The zero-order valence-electron chi connectivity index (χ0n) is 13.0. The fourth-order valence-electron chi connectivity index (χ4n) is 3.47.